The van der Waals surface area contributed by atoms with E-state index in [-0.39, 0.29) is 6.61 Å². The van der Waals surface area contributed by atoms with Gasteiger partial charge in [-0.3, -0.25) is 4.79 Å². The topological polar surface area (TPSA) is 65.2 Å². The third kappa shape index (κ3) is 3.54. The van der Waals surface area contributed by atoms with E-state index in [0.29, 0.717) is 34.3 Å². The lowest BCUT2D eigenvalue weighted by molar-refractivity contribution is 0.111. The molecule has 0 atom stereocenters. The van der Waals surface area contributed by atoms with Gasteiger partial charge in [0.05, 0.1) is 5.56 Å². The van der Waals surface area contributed by atoms with Gasteiger partial charge in [0, 0.05) is 11.4 Å². The molecule has 0 aliphatic heterocycles. The highest BCUT2D eigenvalue weighted by molar-refractivity contribution is 6.30. The minimum atomic E-state index is 0.148. The average molecular weight is 281 g/mol. The Hall–Kier alpha value is -1.88. The molecule has 0 aliphatic carbocycles. The molecule has 6 heteroatoms. The Bertz CT molecular complexity index is 569. The highest BCUT2D eigenvalue weighted by atomic mass is 35.5. The van der Waals surface area contributed by atoms with Gasteiger partial charge in [-0.05, 0) is 24.6 Å². The van der Waals surface area contributed by atoms with Crippen LogP contribution in [0.2, 0.25) is 5.02 Å². The molecule has 19 heavy (non-hydrogen) atoms. The molecule has 0 saturated carbocycles. The zero-order chi connectivity index (χ0) is 13.7. The zero-order valence-electron chi connectivity index (χ0n) is 10.4. The van der Waals surface area contributed by atoms with Crippen molar-refractivity contribution < 1.29 is 14.1 Å². The number of ether oxygens (including phenoxy) is 1. The van der Waals surface area contributed by atoms with Crippen molar-refractivity contribution in [3.8, 4) is 5.75 Å². The standard InChI is InChI=1S/C13H13ClN2O3/c1-2-3-13-15-12(16-19-13)8-18-11-5-4-10(14)6-9(11)7-17/h4-7H,2-3,8H2,1H3. The highest BCUT2D eigenvalue weighted by Gasteiger charge is 2.08. The third-order valence-electron chi connectivity index (χ3n) is 2.43. The summed E-state index contributed by atoms with van der Waals surface area (Å²) in [5, 5.41) is 4.28. The second-order valence-electron chi connectivity index (χ2n) is 3.94. The summed E-state index contributed by atoms with van der Waals surface area (Å²) in [6, 6.07) is 4.84. The van der Waals surface area contributed by atoms with Crippen LogP contribution in [0.15, 0.2) is 22.7 Å². The Labute approximate surface area is 115 Å². The molecule has 0 N–H and O–H groups in total. The van der Waals surface area contributed by atoms with Gasteiger partial charge in [0.2, 0.25) is 11.7 Å². The first kappa shape index (κ1) is 13.5. The number of carbonyl (C=O) groups excluding carboxylic acids is 1. The van der Waals surface area contributed by atoms with Crippen LogP contribution in [0.5, 0.6) is 5.75 Å². The van der Waals surface area contributed by atoms with Crippen LogP contribution >= 0.6 is 11.6 Å². The van der Waals surface area contributed by atoms with Gasteiger partial charge in [-0.1, -0.05) is 23.7 Å². The van der Waals surface area contributed by atoms with Gasteiger partial charge in [0.15, 0.2) is 12.9 Å². The molecule has 0 spiro atoms. The molecule has 0 fully saturated rings. The Kier molecular flexibility index (Phi) is 4.52. The predicted molar refractivity (Wildman–Crippen MR) is 69.5 cm³/mol. The second kappa shape index (κ2) is 6.33. The molecule has 0 unspecified atom stereocenters. The van der Waals surface area contributed by atoms with Crippen LogP contribution in [-0.2, 0) is 13.0 Å². The molecule has 1 heterocycles. The maximum atomic E-state index is 10.9. The summed E-state index contributed by atoms with van der Waals surface area (Å²) < 4.78 is 10.5. The van der Waals surface area contributed by atoms with E-state index in [4.69, 9.17) is 20.9 Å². The summed E-state index contributed by atoms with van der Waals surface area (Å²) in [6.45, 7) is 2.18. The summed E-state index contributed by atoms with van der Waals surface area (Å²) in [6.07, 6.45) is 2.38. The highest BCUT2D eigenvalue weighted by Crippen LogP contribution is 2.22. The quantitative estimate of drug-likeness (QED) is 0.761. The minimum absolute atomic E-state index is 0.148. The number of hydrogen-bond donors (Lipinski definition) is 0. The largest absolute Gasteiger partial charge is 0.485 e. The van der Waals surface area contributed by atoms with E-state index < -0.39 is 0 Å². The fourth-order valence-corrected chi connectivity index (χ4v) is 1.73. The molecule has 5 nitrogen and oxygen atoms in total. The van der Waals surface area contributed by atoms with E-state index in [1.807, 2.05) is 6.92 Å². The number of carbonyl (C=O) groups is 1. The summed E-state index contributed by atoms with van der Waals surface area (Å²) >= 11 is 5.80. The normalized spacial score (nSPS) is 10.4. The molecular weight excluding hydrogens is 268 g/mol. The number of aromatic nitrogens is 2. The Balaban J connectivity index is 2.03. The van der Waals surface area contributed by atoms with Crippen LogP contribution in [0.1, 0.15) is 35.4 Å². The van der Waals surface area contributed by atoms with Crippen molar-refractivity contribution >= 4 is 17.9 Å². The summed E-state index contributed by atoms with van der Waals surface area (Å²) in [5.41, 5.74) is 0.393. The number of nitrogens with zero attached hydrogens (tertiary/aromatic N) is 2. The van der Waals surface area contributed by atoms with E-state index in [1.165, 1.54) is 0 Å². The monoisotopic (exact) mass is 280 g/mol. The molecule has 2 rings (SSSR count). The molecule has 1 aromatic heterocycles. The Morgan fingerprint density at radius 2 is 2.32 bits per heavy atom. The van der Waals surface area contributed by atoms with Gasteiger partial charge in [0.1, 0.15) is 5.75 Å². The summed E-state index contributed by atoms with van der Waals surface area (Å²) in [7, 11) is 0. The van der Waals surface area contributed by atoms with Crippen LogP contribution in [0.25, 0.3) is 0 Å². The van der Waals surface area contributed by atoms with E-state index >= 15 is 0 Å². The van der Waals surface area contributed by atoms with Gasteiger partial charge < -0.3 is 9.26 Å². The van der Waals surface area contributed by atoms with Crippen molar-refractivity contribution in [2.45, 2.75) is 26.4 Å². The molecule has 0 saturated heterocycles. The number of aryl methyl sites for hydroxylation is 1. The van der Waals surface area contributed by atoms with Crippen molar-refractivity contribution in [1.29, 1.82) is 0 Å². The second-order valence-corrected chi connectivity index (χ2v) is 4.38. The number of halogens is 1. The number of aldehydes is 1. The lowest BCUT2D eigenvalue weighted by Crippen LogP contribution is -2.00. The fourth-order valence-electron chi connectivity index (χ4n) is 1.55. The SMILES string of the molecule is CCCc1nc(COc2ccc(Cl)cc2C=O)no1. The number of rotatable bonds is 6. The zero-order valence-corrected chi connectivity index (χ0v) is 11.2. The van der Waals surface area contributed by atoms with Crippen molar-refractivity contribution in [1.82, 2.24) is 10.1 Å². The van der Waals surface area contributed by atoms with E-state index in [2.05, 4.69) is 10.1 Å². The lowest BCUT2D eigenvalue weighted by atomic mass is 10.2. The maximum absolute atomic E-state index is 10.9. The lowest BCUT2D eigenvalue weighted by Gasteiger charge is -2.05. The van der Waals surface area contributed by atoms with Crippen LogP contribution < -0.4 is 4.74 Å². The first-order valence-electron chi connectivity index (χ1n) is 5.92. The van der Waals surface area contributed by atoms with Crippen molar-refractivity contribution in [2.75, 3.05) is 0 Å². The molecule has 1 aromatic carbocycles. The molecule has 0 aliphatic rings. The first-order valence-corrected chi connectivity index (χ1v) is 6.29. The van der Waals surface area contributed by atoms with Crippen LogP contribution in [0.3, 0.4) is 0 Å². The molecule has 0 bridgehead atoms. The first-order chi connectivity index (χ1) is 9.22. The summed E-state index contributed by atoms with van der Waals surface area (Å²) in [4.78, 5) is 15.1. The van der Waals surface area contributed by atoms with E-state index in [1.54, 1.807) is 18.2 Å². The maximum Gasteiger partial charge on any atom is 0.226 e. The van der Waals surface area contributed by atoms with Crippen molar-refractivity contribution in [3.63, 3.8) is 0 Å². The number of benzene rings is 1. The van der Waals surface area contributed by atoms with Crippen molar-refractivity contribution in [2.24, 2.45) is 0 Å². The fraction of sp³-hybridized carbons (Fsp3) is 0.308. The molecule has 100 valence electrons. The van der Waals surface area contributed by atoms with Gasteiger partial charge in [-0.15, -0.1) is 0 Å². The van der Waals surface area contributed by atoms with Gasteiger partial charge in [0.25, 0.3) is 0 Å². The van der Waals surface area contributed by atoms with Crippen LogP contribution in [-0.4, -0.2) is 16.4 Å². The van der Waals surface area contributed by atoms with Crippen LogP contribution in [0.4, 0.5) is 0 Å². The van der Waals surface area contributed by atoms with E-state index in [0.717, 1.165) is 12.8 Å². The third-order valence-corrected chi connectivity index (χ3v) is 2.66. The Morgan fingerprint density at radius 1 is 1.47 bits per heavy atom. The Morgan fingerprint density at radius 3 is 3.05 bits per heavy atom. The molecular formula is C13H13ClN2O3. The minimum Gasteiger partial charge on any atom is -0.485 e. The molecule has 0 amide bonds. The number of hydrogen-bond acceptors (Lipinski definition) is 5. The predicted octanol–water partition coefficient (Wildman–Crippen LogP) is 3.07. The smallest absolute Gasteiger partial charge is 0.226 e. The van der Waals surface area contributed by atoms with E-state index in [9.17, 15) is 4.79 Å². The summed E-state index contributed by atoms with van der Waals surface area (Å²) in [5.74, 6) is 1.49. The average Bonchev–Trinajstić information content (AvgIpc) is 2.85. The molecule has 2 aromatic rings. The van der Waals surface area contributed by atoms with Gasteiger partial charge >= 0.3 is 0 Å². The van der Waals surface area contributed by atoms with Crippen LogP contribution in [0, 0.1) is 0 Å². The van der Waals surface area contributed by atoms with Gasteiger partial charge in [-0.25, -0.2) is 0 Å². The van der Waals surface area contributed by atoms with Gasteiger partial charge in [-0.2, -0.15) is 4.98 Å². The molecule has 0 radical (unpaired) electrons. The van der Waals surface area contributed by atoms with Crippen molar-refractivity contribution in [3.05, 3.63) is 40.5 Å².